The highest BCUT2D eigenvalue weighted by atomic mass is 15.3. The quantitative estimate of drug-likeness (QED) is 0.581. The number of nitrogens with one attached hydrogen (secondary N) is 1. The Kier molecular flexibility index (Phi) is 1.77. The summed E-state index contributed by atoms with van der Waals surface area (Å²) in [6, 6.07) is 0.606. The van der Waals surface area contributed by atoms with Crippen molar-refractivity contribution in [1.82, 2.24) is 4.90 Å². The lowest BCUT2D eigenvalue weighted by Crippen LogP contribution is -2.60. The first-order valence-corrected chi connectivity index (χ1v) is 3.70. The summed E-state index contributed by atoms with van der Waals surface area (Å²) in [5, 5.41) is 3.57. The standard InChI is InChI=1S/C7H15N3/c1-6(2)10-4-7(3,5-10)9-8/h6,8H,4-5H2,1-3H3. The van der Waals surface area contributed by atoms with Crippen molar-refractivity contribution < 1.29 is 0 Å². The van der Waals surface area contributed by atoms with Gasteiger partial charge in [-0.05, 0) is 20.8 Å². The minimum atomic E-state index is -0.0652. The molecule has 1 fully saturated rings. The second-order valence-electron chi connectivity index (χ2n) is 3.61. The van der Waals surface area contributed by atoms with Gasteiger partial charge in [0.2, 0.25) is 0 Å². The Hall–Kier alpha value is -0.440. The van der Waals surface area contributed by atoms with Gasteiger partial charge in [0.05, 0.1) is 0 Å². The lowest BCUT2D eigenvalue weighted by Gasteiger charge is -2.46. The Morgan fingerprint density at radius 3 is 2.30 bits per heavy atom. The zero-order valence-corrected chi connectivity index (χ0v) is 6.89. The predicted octanol–water partition coefficient (Wildman–Crippen LogP) is 1.50. The number of hydrogen-bond donors (Lipinski definition) is 1. The van der Waals surface area contributed by atoms with E-state index in [2.05, 4.69) is 23.9 Å². The molecule has 1 N–H and O–H groups in total. The molecule has 1 saturated heterocycles. The highest BCUT2D eigenvalue weighted by Crippen LogP contribution is 2.25. The fourth-order valence-corrected chi connectivity index (χ4v) is 1.26. The number of rotatable bonds is 2. The maximum atomic E-state index is 6.89. The first kappa shape index (κ1) is 7.66. The van der Waals surface area contributed by atoms with E-state index < -0.39 is 0 Å². The van der Waals surface area contributed by atoms with E-state index in [1.165, 1.54) is 0 Å². The monoisotopic (exact) mass is 141 g/mol. The predicted molar refractivity (Wildman–Crippen MR) is 40.3 cm³/mol. The van der Waals surface area contributed by atoms with E-state index in [0.717, 1.165) is 13.1 Å². The fourth-order valence-electron chi connectivity index (χ4n) is 1.26. The Balaban J connectivity index is 2.36. The number of hydrogen-bond acceptors (Lipinski definition) is 3. The zero-order valence-electron chi connectivity index (χ0n) is 6.89. The van der Waals surface area contributed by atoms with E-state index in [-0.39, 0.29) is 5.54 Å². The van der Waals surface area contributed by atoms with Crippen LogP contribution in [0.15, 0.2) is 5.11 Å². The Morgan fingerprint density at radius 1 is 1.50 bits per heavy atom. The molecule has 0 bridgehead atoms. The van der Waals surface area contributed by atoms with Crippen LogP contribution in [0, 0.1) is 5.53 Å². The van der Waals surface area contributed by atoms with Crippen molar-refractivity contribution in [1.29, 1.82) is 5.53 Å². The summed E-state index contributed by atoms with van der Waals surface area (Å²) in [7, 11) is 0. The van der Waals surface area contributed by atoms with Gasteiger partial charge in [-0.3, -0.25) is 4.90 Å². The molecule has 0 unspecified atom stereocenters. The van der Waals surface area contributed by atoms with Gasteiger partial charge >= 0.3 is 0 Å². The molecule has 1 rings (SSSR count). The number of likely N-dealkylation sites (tertiary alicyclic amines) is 1. The first-order chi connectivity index (χ1) is 4.57. The zero-order chi connectivity index (χ0) is 7.78. The van der Waals surface area contributed by atoms with Gasteiger partial charge in [0.1, 0.15) is 5.54 Å². The lowest BCUT2D eigenvalue weighted by atomic mass is 9.92. The molecule has 0 aromatic rings. The minimum Gasteiger partial charge on any atom is -0.296 e. The topological polar surface area (TPSA) is 39.5 Å². The summed E-state index contributed by atoms with van der Waals surface area (Å²) in [4.78, 5) is 2.32. The van der Waals surface area contributed by atoms with Crippen LogP contribution in [0.5, 0.6) is 0 Å². The van der Waals surface area contributed by atoms with Crippen molar-refractivity contribution in [2.75, 3.05) is 13.1 Å². The molecule has 0 atom stereocenters. The summed E-state index contributed by atoms with van der Waals surface area (Å²) < 4.78 is 0. The Morgan fingerprint density at radius 2 is 2.00 bits per heavy atom. The third-order valence-corrected chi connectivity index (χ3v) is 2.09. The molecule has 0 aromatic carbocycles. The molecule has 1 heterocycles. The van der Waals surface area contributed by atoms with Crippen molar-refractivity contribution in [3.05, 3.63) is 0 Å². The largest absolute Gasteiger partial charge is 0.296 e. The average Bonchev–Trinajstić information content (AvgIpc) is 1.80. The third-order valence-electron chi connectivity index (χ3n) is 2.09. The van der Waals surface area contributed by atoms with Crippen LogP contribution >= 0.6 is 0 Å². The summed E-state index contributed by atoms with van der Waals surface area (Å²) >= 11 is 0. The van der Waals surface area contributed by atoms with E-state index >= 15 is 0 Å². The van der Waals surface area contributed by atoms with E-state index in [4.69, 9.17) is 5.53 Å². The maximum absolute atomic E-state index is 6.89. The van der Waals surface area contributed by atoms with Crippen LogP contribution in [0.2, 0.25) is 0 Å². The van der Waals surface area contributed by atoms with E-state index in [9.17, 15) is 0 Å². The van der Waals surface area contributed by atoms with Gasteiger partial charge in [0.15, 0.2) is 0 Å². The van der Waals surface area contributed by atoms with Crippen molar-refractivity contribution >= 4 is 0 Å². The lowest BCUT2D eigenvalue weighted by molar-refractivity contribution is 0.0491. The van der Waals surface area contributed by atoms with E-state index in [1.54, 1.807) is 0 Å². The molecule has 0 amide bonds. The highest BCUT2D eigenvalue weighted by Gasteiger charge is 2.39. The molecule has 1 aliphatic rings. The van der Waals surface area contributed by atoms with Crippen molar-refractivity contribution in [3.8, 4) is 0 Å². The van der Waals surface area contributed by atoms with Gasteiger partial charge in [-0.25, -0.2) is 5.53 Å². The van der Waals surface area contributed by atoms with Crippen molar-refractivity contribution in [3.63, 3.8) is 0 Å². The molecule has 0 aliphatic carbocycles. The Bertz CT molecular complexity index is 136. The summed E-state index contributed by atoms with van der Waals surface area (Å²) in [5.41, 5.74) is 6.82. The van der Waals surface area contributed by atoms with Gasteiger partial charge < -0.3 is 0 Å². The maximum Gasteiger partial charge on any atom is 0.104 e. The van der Waals surface area contributed by atoms with Crippen molar-refractivity contribution in [2.24, 2.45) is 5.11 Å². The Labute approximate surface area is 61.9 Å². The summed E-state index contributed by atoms with van der Waals surface area (Å²) in [6.07, 6.45) is 0. The van der Waals surface area contributed by atoms with Crippen LogP contribution in [-0.4, -0.2) is 29.6 Å². The van der Waals surface area contributed by atoms with Gasteiger partial charge in [-0.2, -0.15) is 5.11 Å². The second kappa shape index (κ2) is 2.31. The van der Waals surface area contributed by atoms with Crippen LogP contribution in [0.1, 0.15) is 20.8 Å². The average molecular weight is 141 g/mol. The normalized spacial score (nSPS) is 24.4. The third kappa shape index (κ3) is 1.19. The molecule has 1 aliphatic heterocycles. The smallest absolute Gasteiger partial charge is 0.104 e. The molecule has 3 nitrogen and oxygen atoms in total. The molecule has 0 radical (unpaired) electrons. The highest BCUT2D eigenvalue weighted by molar-refractivity contribution is 4.98. The van der Waals surface area contributed by atoms with Gasteiger partial charge in [0.25, 0.3) is 0 Å². The summed E-state index contributed by atoms with van der Waals surface area (Å²) in [5.74, 6) is 0. The van der Waals surface area contributed by atoms with Gasteiger partial charge in [-0.1, -0.05) is 0 Å². The molecule has 58 valence electrons. The molecular formula is C7H15N3. The molecule has 0 spiro atoms. The van der Waals surface area contributed by atoms with Crippen molar-refractivity contribution in [2.45, 2.75) is 32.4 Å². The van der Waals surface area contributed by atoms with Crippen LogP contribution < -0.4 is 0 Å². The summed E-state index contributed by atoms with van der Waals surface area (Å²) in [6.45, 7) is 8.27. The van der Waals surface area contributed by atoms with Crippen LogP contribution in [0.3, 0.4) is 0 Å². The minimum absolute atomic E-state index is 0.0652. The molecule has 0 saturated carbocycles. The van der Waals surface area contributed by atoms with Gasteiger partial charge in [0, 0.05) is 19.1 Å². The fraction of sp³-hybridized carbons (Fsp3) is 1.00. The first-order valence-electron chi connectivity index (χ1n) is 3.70. The van der Waals surface area contributed by atoms with Crippen LogP contribution in [-0.2, 0) is 0 Å². The molecule has 10 heavy (non-hydrogen) atoms. The van der Waals surface area contributed by atoms with Crippen LogP contribution in [0.25, 0.3) is 0 Å². The molecule has 0 aromatic heterocycles. The van der Waals surface area contributed by atoms with Crippen LogP contribution in [0.4, 0.5) is 0 Å². The SMILES string of the molecule is CC(C)N1CC(C)(N=N)C1. The van der Waals surface area contributed by atoms with E-state index in [0.29, 0.717) is 6.04 Å². The van der Waals surface area contributed by atoms with E-state index in [1.807, 2.05) is 6.92 Å². The molecule has 3 heteroatoms. The second-order valence-corrected chi connectivity index (χ2v) is 3.61. The van der Waals surface area contributed by atoms with Gasteiger partial charge in [-0.15, -0.1) is 0 Å². The number of nitrogens with zero attached hydrogens (tertiary/aromatic N) is 2. The molecular weight excluding hydrogens is 126 g/mol.